The molecule has 1 aromatic carbocycles. The molecule has 0 N–H and O–H groups in total. The van der Waals surface area contributed by atoms with Crippen LogP contribution in [0.15, 0.2) is 35.5 Å². The van der Waals surface area contributed by atoms with Crippen LogP contribution < -0.4 is 0 Å². The summed E-state index contributed by atoms with van der Waals surface area (Å²) >= 11 is 1.51. The Morgan fingerprint density at radius 2 is 2.09 bits per heavy atom. The molecule has 2 aromatic heterocycles. The van der Waals surface area contributed by atoms with E-state index in [1.807, 2.05) is 38.1 Å². The lowest BCUT2D eigenvalue weighted by atomic mass is 10.1. The van der Waals surface area contributed by atoms with E-state index in [4.69, 9.17) is 4.74 Å². The Morgan fingerprint density at radius 3 is 2.87 bits per heavy atom. The Bertz CT molecular complexity index is 876. The summed E-state index contributed by atoms with van der Waals surface area (Å²) in [5.41, 5.74) is 3.48. The van der Waals surface area contributed by atoms with Crippen LogP contribution >= 0.6 is 11.8 Å². The average Bonchev–Trinajstić information content (AvgIpc) is 2.95. The van der Waals surface area contributed by atoms with Crippen LogP contribution in [0.3, 0.4) is 0 Å². The number of methoxy groups -OCH3 is 1. The lowest BCUT2D eigenvalue weighted by molar-refractivity contribution is 0.0600. The number of thioether (sulfide) groups is 1. The summed E-state index contributed by atoms with van der Waals surface area (Å²) in [7, 11) is 1.38. The van der Waals surface area contributed by atoms with Crippen molar-refractivity contribution < 1.29 is 9.53 Å². The highest BCUT2D eigenvalue weighted by atomic mass is 32.2. The number of hydrogen-bond donors (Lipinski definition) is 0. The second-order valence-electron chi connectivity index (χ2n) is 5.13. The molecule has 23 heavy (non-hydrogen) atoms. The first-order chi connectivity index (χ1) is 11.1. The van der Waals surface area contributed by atoms with Crippen molar-refractivity contribution in [2.24, 2.45) is 0 Å². The van der Waals surface area contributed by atoms with Crippen LogP contribution in [0.2, 0.25) is 0 Å². The maximum atomic E-state index is 11.6. The summed E-state index contributed by atoms with van der Waals surface area (Å²) in [6.45, 7) is 3.91. The summed E-state index contributed by atoms with van der Waals surface area (Å²) in [6.07, 6.45) is 0. The Morgan fingerprint density at radius 1 is 1.26 bits per heavy atom. The van der Waals surface area contributed by atoms with Gasteiger partial charge in [0.1, 0.15) is 0 Å². The van der Waals surface area contributed by atoms with Crippen molar-refractivity contribution in [3.63, 3.8) is 0 Å². The summed E-state index contributed by atoms with van der Waals surface area (Å²) < 4.78 is 6.47. The fourth-order valence-corrected chi connectivity index (χ4v) is 3.02. The molecular formula is C16H16N4O2S. The molecule has 3 rings (SSSR count). The van der Waals surface area contributed by atoms with Crippen molar-refractivity contribution in [1.29, 1.82) is 0 Å². The predicted octanol–water partition coefficient (Wildman–Crippen LogP) is 2.82. The van der Waals surface area contributed by atoms with Gasteiger partial charge >= 0.3 is 5.97 Å². The molecular weight excluding hydrogens is 312 g/mol. The van der Waals surface area contributed by atoms with Crippen LogP contribution in [0.4, 0.5) is 0 Å². The summed E-state index contributed by atoms with van der Waals surface area (Å²) in [5.74, 6) is 0.936. The van der Waals surface area contributed by atoms with Crippen LogP contribution in [0, 0.1) is 13.8 Å². The number of aromatic nitrogens is 4. The number of fused-ring (bicyclic) bond motifs is 1. The number of carbonyl (C=O) groups excluding carboxylic acids is 1. The Hall–Kier alpha value is -2.41. The van der Waals surface area contributed by atoms with Crippen molar-refractivity contribution in [2.75, 3.05) is 7.11 Å². The van der Waals surface area contributed by atoms with Gasteiger partial charge in [-0.25, -0.2) is 14.3 Å². The van der Waals surface area contributed by atoms with E-state index in [9.17, 15) is 4.79 Å². The molecule has 2 heterocycles. The highest BCUT2D eigenvalue weighted by Gasteiger charge is 2.10. The SMILES string of the molecule is COC(=O)c1cccc(CSc2nc3nc(C)cc(C)n3n2)c1. The van der Waals surface area contributed by atoms with Crippen LogP contribution in [-0.2, 0) is 10.5 Å². The summed E-state index contributed by atoms with van der Waals surface area (Å²) in [5, 5.41) is 5.12. The van der Waals surface area contributed by atoms with Crippen LogP contribution in [0.5, 0.6) is 0 Å². The smallest absolute Gasteiger partial charge is 0.337 e. The van der Waals surface area contributed by atoms with E-state index in [-0.39, 0.29) is 5.97 Å². The molecule has 0 unspecified atom stereocenters. The molecule has 7 heteroatoms. The van der Waals surface area contributed by atoms with Gasteiger partial charge in [-0.05, 0) is 37.6 Å². The molecule has 0 aliphatic heterocycles. The lowest BCUT2D eigenvalue weighted by Gasteiger charge is -2.02. The van der Waals surface area contributed by atoms with Crippen molar-refractivity contribution in [3.05, 3.63) is 52.8 Å². The first-order valence-corrected chi connectivity index (χ1v) is 8.06. The Labute approximate surface area is 137 Å². The van der Waals surface area contributed by atoms with Crippen molar-refractivity contribution >= 4 is 23.5 Å². The molecule has 3 aromatic rings. The molecule has 0 aliphatic rings. The van der Waals surface area contributed by atoms with Crippen molar-refractivity contribution in [2.45, 2.75) is 24.8 Å². The number of carbonyl (C=O) groups is 1. The number of hydrogen-bond acceptors (Lipinski definition) is 6. The van der Waals surface area contributed by atoms with Gasteiger partial charge in [0.15, 0.2) is 0 Å². The molecule has 0 bridgehead atoms. The zero-order valence-corrected chi connectivity index (χ0v) is 13.9. The zero-order chi connectivity index (χ0) is 16.4. The zero-order valence-electron chi connectivity index (χ0n) is 13.1. The van der Waals surface area contributed by atoms with E-state index in [2.05, 4.69) is 15.1 Å². The van der Waals surface area contributed by atoms with E-state index >= 15 is 0 Å². The maximum Gasteiger partial charge on any atom is 0.337 e. The minimum Gasteiger partial charge on any atom is -0.465 e. The fourth-order valence-electron chi connectivity index (χ4n) is 2.26. The second-order valence-corrected chi connectivity index (χ2v) is 6.07. The van der Waals surface area contributed by atoms with E-state index < -0.39 is 0 Å². The van der Waals surface area contributed by atoms with Gasteiger partial charge in [-0.15, -0.1) is 5.10 Å². The van der Waals surface area contributed by atoms with Gasteiger partial charge in [0.25, 0.3) is 5.78 Å². The van der Waals surface area contributed by atoms with Crippen LogP contribution in [-0.4, -0.2) is 32.7 Å². The van der Waals surface area contributed by atoms with Crippen LogP contribution in [0.1, 0.15) is 27.3 Å². The highest BCUT2D eigenvalue weighted by molar-refractivity contribution is 7.98. The number of nitrogens with zero attached hydrogens (tertiary/aromatic N) is 4. The molecule has 0 radical (unpaired) electrons. The largest absolute Gasteiger partial charge is 0.465 e. The third-order valence-corrected chi connectivity index (χ3v) is 4.22. The second kappa shape index (κ2) is 6.37. The number of esters is 1. The third-order valence-electron chi connectivity index (χ3n) is 3.31. The first-order valence-electron chi connectivity index (χ1n) is 7.08. The van der Waals surface area contributed by atoms with E-state index in [1.165, 1.54) is 18.9 Å². The molecule has 0 spiro atoms. The molecule has 0 aliphatic carbocycles. The fraction of sp³-hybridized carbons (Fsp3) is 0.250. The molecule has 6 nitrogen and oxygen atoms in total. The number of aryl methyl sites for hydroxylation is 2. The molecule has 0 fully saturated rings. The monoisotopic (exact) mass is 328 g/mol. The third kappa shape index (κ3) is 3.34. The molecule has 118 valence electrons. The van der Waals surface area contributed by atoms with Gasteiger partial charge in [-0.1, -0.05) is 23.9 Å². The van der Waals surface area contributed by atoms with Gasteiger partial charge in [0.05, 0.1) is 12.7 Å². The normalized spacial score (nSPS) is 10.9. The summed E-state index contributed by atoms with van der Waals surface area (Å²) in [6, 6.07) is 9.33. The van der Waals surface area contributed by atoms with Gasteiger partial charge in [-0.3, -0.25) is 0 Å². The lowest BCUT2D eigenvalue weighted by Crippen LogP contribution is -2.01. The number of rotatable bonds is 4. The molecule has 0 amide bonds. The number of benzene rings is 1. The van der Waals surface area contributed by atoms with E-state index in [0.717, 1.165) is 17.0 Å². The van der Waals surface area contributed by atoms with Gasteiger partial charge in [0, 0.05) is 17.1 Å². The van der Waals surface area contributed by atoms with E-state index in [1.54, 1.807) is 10.6 Å². The van der Waals surface area contributed by atoms with Gasteiger partial charge < -0.3 is 4.74 Å². The minimum atomic E-state index is -0.335. The van der Waals surface area contributed by atoms with Gasteiger partial charge in [-0.2, -0.15) is 4.98 Å². The topological polar surface area (TPSA) is 69.4 Å². The van der Waals surface area contributed by atoms with E-state index in [0.29, 0.717) is 22.3 Å². The Balaban J connectivity index is 1.78. The van der Waals surface area contributed by atoms with Gasteiger partial charge in [0.2, 0.25) is 5.16 Å². The first kappa shape index (κ1) is 15.5. The highest BCUT2D eigenvalue weighted by Crippen LogP contribution is 2.21. The van der Waals surface area contributed by atoms with Crippen molar-refractivity contribution in [1.82, 2.24) is 19.6 Å². The predicted molar refractivity (Wildman–Crippen MR) is 87.6 cm³/mol. The average molecular weight is 328 g/mol. The Kier molecular flexibility index (Phi) is 4.29. The minimum absolute atomic E-state index is 0.335. The standard InChI is InChI=1S/C16H16N4O2S/c1-10-7-11(2)20-15(17-10)18-16(19-20)23-9-12-5-4-6-13(8-12)14(21)22-3/h4-8H,9H2,1-3H3. The maximum absolute atomic E-state index is 11.6. The number of ether oxygens (including phenoxy) is 1. The van der Waals surface area contributed by atoms with Crippen molar-refractivity contribution in [3.8, 4) is 0 Å². The molecule has 0 saturated carbocycles. The molecule has 0 saturated heterocycles. The quantitative estimate of drug-likeness (QED) is 0.542. The summed E-state index contributed by atoms with van der Waals surface area (Å²) in [4.78, 5) is 20.4. The van der Waals surface area contributed by atoms with Crippen LogP contribution in [0.25, 0.3) is 5.78 Å². The molecule has 0 atom stereocenters.